The van der Waals surface area contributed by atoms with Gasteiger partial charge in [0.05, 0.1) is 22.4 Å². The summed E-state index contributed by atoms with van der Waals surface area (Å²) in [6, 6.07) is 9.11. The molecule has 148 valence electrons. The molecule has 1 unspecified atom stereocenters. The summed E-state index contributed by atoms with van der Waals surface area (Å²) >= 11 is 2.71. The molecule has 3 heterocycles. The summed E-state index contributed by atoms with van der Waals surface area (Å²) < 4.78 is 20.4. The van der Waals surface area contributed by atoms with Crippen LogP contribution in [0.25, 0.3) is 6.08 Å². The highest BCUT2D eigenvalue weighted by Gasteiger charge is 2.33. The van der Waals surface area contributed by atoms with Crippen LogP contribution in [0.2, 0.25) is 0 Å². The number of nitrogens with zero attached hydrogens (tertiary/aromatic N) is 2. The Morgan fingerprint density at radius 2 is 2.07 bits per heavy atom. The molecule has 0 amide bonds. The molecule has 3 aromatic rings. The number of hydrogen-bond acceptors (Lipinski definition) is 6. The molecule has 0 saturated carbocycles. The number of esters is 1. The molecule has 0 saturated heterocycles. The molecule has 8 heteroatoms. The molecule has 29 heavy (non-hydrogen) atoms. The van der Waals surface area contributed by atoms with Gasteiger partial charge in [-0.25, -0.2) is 14.2 Å². The lowest BCUT2D eigenvalue weighted by atomic mass is 10.0. The van der Waals surface area contributed by atoms with E-state index < -0.39 is 12.0 Å². The summed E-state index contributed by atoms with van der Waals surface area (Å²) in [6.45, 7) is 3.73. The molecular formula is C21H17FN2O3S2. The molecule has 0 N–H and O–H groups in total. The number of carbonyl (C=O) groups excluding carboxylic acids is 1. The van der Waals surface area contributed by atoms with Crippen LogP contribution in [-0.4, -0.2) is 17.1 Å². The van der Waals surface area contributed by atoms with Crippen LogP contribution >= 0.6 is 22.7 Å². The van der Waals surface area contributed by atoms with Gasteiger partial charge in [0.2, 0.25) is 0 Å². The minimum atomic E-state index is -0.583. The number of thiophene rings is 1. The molecule has 5 nitrogen and oxygen atoms in total. The van der Waals surface area contributed by atoms with E-state index in [1.807, 2.05) is 17.5 Å². The highest BCUT2D eigenvalue weighted by Crippen LogP contribution is 2.33. The first kappa shape index (κ1) is 19.5. The fourth-order valence-corrected chi connectivity index (χ4v) is 5.09. The lowest BCUT2D eigenvalue weighted by Crippen LogP contribution is -2.39. The third kappa shape index (κ3) is 3.61. The monoisotopic (exact) mass is 428 g/mol. The summed E-state index contributed by atoms with van der Waals surface area (Å²) in [6.07, 6.45) is 1.71. The molecule has 0 spiro atoms. The van der Waals surface area contributed by atoms with Gasteiger partial charge in [0, 0.05) is 4.88 Å². The van der Waals surface area contributed by atoms with Crippen molar-refractivity contribution < 1.29 is 13.9 Å². The van der Waals surface area contributed by atoms with Crippen molar-refractivity contribution in [2.24, 2.45) is 4.99 Å². The third-order valence-electron chi connectivity index (χ3n) is 4.50. The Morgan fingerprint density at radius 3 is 2.72 bits per heavy atom. The van der Waals surface area contributed by atoms with Gasteiger partial charge in [-0.15, -0.1) is 11.3 Å². The number of thiazole rings is 1. The van der Waals surface area contributed by atoms with Gasteiger partial charge in [0.1, 0.15) is 11.9 Å². The molecule has 1 atom stereocenters. The van der Waals surface area contributed by atoms with E-state index in [2.05, 4.69) is 4.99 Å². The first-order valence-corrected chi connectivity index (χ1v) is 10.7. The quantitative estimate of drug-likeness (QED) is 0.601. The number of allylic oxidation sites excluding steroid dienone is 1. The van der Waals surface area contributed by atoms with Crippen LogP contribution in [0.3, 0.4) is 0 Å². The Hall–Kier alpha value is -2.84. The number of aromatic nitrogens is 1. The van der Waals surface area contributed by atoms with E-state index in [1.165, 1.54) is 34.8 Å². The molecule has 1 aliphatic heterocycles. The molecule has 0 fully saturated rings. The maximum Gasteiger partial charge on any atom is 0.338 e. The van der Waals surface area contributed by atoms with E-state index in [9.17, 15) is 14.0 Å². The lowest BCUT2D eigenvalue weighted by Gasteiger charge is -2.23. The van der Waals surface area contributed by atoms with E-state index >= 15 is 0 Å². The van der Waals surface area contributed by atoms with Crippen LogP contribution in [0.5, 0.6) is 0 Å². The van der Waals surface area contributed by atoms with Crippen molar-refractivity contribution in [3.63, 3.8) is 0 Å². The van der Waals surface area contributed by atoms with Crippen LogP contribution in [0.4, 0.5) is 4.39 Å². The molecule has 1 aliphatic rings. The third-order valence-corrected chi connectivity index (χ3v) is 6.41. The minimum Gasteiger partial charge on any atom is -0.463 e. The molecule has 0 bridgehead atoms. The topological polar surface area (TPSA) is 60.7 Å². The van der Waals surface area contributed by atoms with Gasteiger partial charge in [-0.3, -0.25) is 9.36 Å². The highest BCUT2D eigenvalue weighted by atomic mass is 32.1. The van der Waals surface area contributed by atoms with Crippen LogP contribution < -0.4 is 14.9 Å². The van der Waals surface area contributed by atoms with Crippen molar-refractivity contribution in [2.45, 2.75) is 19.9 Å². The maximum absolute atomic E-state index is 13.3. The van der Waals surface area contributed by atoms with Crippen molar-refractivity contribution in [3.05, 3.63) is 89.0 Å². The number of halogens is 1. The maximum atomic E-state index is 13.3. The van der Waals surface area contributed by atoms with E-state index in [4.69, 9.17) is 4.74 Å². The van der Waals surface area contributed by atoms with Gasteiger partial charge < -0.3 is 4.74 Å². The second-order valence-corrected chi connectivity index (χ2v) is 8.36. The van der Waals surface area contributed by atoms with Crippen molar-refractivity contribution in [1.82, 2.24) is 4.57 Å². The Balaban J connectivity index is 1.93. The lowest BCUT2D eigenvalue weighted by molar-refractivity contribution is -0.139. The summed E-state index contributed by atoms with van der Waals surface area (Å²) in [7, 11) is 0. The van der Waals surface area contributed by atoms with Crippen molar-refractivity contribution >= 4 is 34.7 Å². The first-order valence-electron chi connectivity index (χ1n) is 8.98. The summed E-state index contributed by atoms with van der Waals surface area (Å²) in [5.41, 5.74) is 1.38. The molecule has 2 aromatic heterocycles. The van der Waals surface area contributed by atoms with Crippen LogP contribution in [0, 0.1) is 5.82 Å². The largest absolute Gasteiger partial charge is 0.463 e. The average molecular weight is 429 g/mol. The normalized spacial score (nSPS) is 16.5. The van der Waals surface area contributed by atoms with E-state index in [-0.39, 0.29) is 18.0 Å². The number of ether oxygens (including phenoxy) is 1. The predicted octanol–water partition coefficient (Wildman–Crippen LogP) is 3.00. The second-order valence-electron chi connectivity index (χ2n) is 6.37. The Bertz CT molecular complexity index is 1270. The number of hydrogen-bond donors (Lipinski definition) is 0. The van der Waals surface area contributed by atoms with E-state index in [0.29, 0.717) is 26.2 Å². The molecule has 1 aromatic carbocycles. The fraction of sp³-hybridized carbons (Fsp3) is 0.190. The molecular weight excluding hydrogens is 411 g/mol. The van der Waals surface area contributed by atoms with Gasteiger partial charge >= 0.3 is 5.97 Å². The second kappa shape index (κ2) is 7.88. The first-order chi connectivity index (χ1) is 14.0. The Morgan fingerprint density at radius 1 is 1.31 bits per heavy atom. The van der Waals surface area contributed by atoms with Crippen molar-refractivity contribution in [3.8, 4) is 0 Å². The van der Waals surface area contributed by atoms with Crippen molar-refractivity contribution in [1.29, 1.82) is 0 Å². The van der Waals surface area contributed by atoms with Gasteiger partial charge in [-0.1, -0.05) is 29.5 Å². The van der Waals surface area contributed by atoms with Gasteiger partial charge in [0.25, 0.3) is 5.56 Å². The Labute approximate surface area is 173 Å². The number of rotatable bonds is 4. The molecule has 0 radical (unpaired) electrons. The van der Waals surface area contributed by atoms with E-state index in [0.717, 1.165) is 4.88 Å². The van der Waals surface area contributed by atoms with Crippen LogP contribution in [-0.2, 0) is 9.53 Å². The standard InChI is InChI=1S/C21H17FN2O3S2/c1-3-27-20(26)17-12(2)23-21-24(18(17)15-5-4-10-28-15)19(25)16(29-21)11-13-6-8-14(22)9-7-13/h4-11,18H,3H2,1-2H3/b16-11-. The van der Waals surface area contributed by atoms with Gasteiger partial charge in [-0.2, -0.15) is 0 Å². The summed E-state index contributed by atoms with van der Waals surface area (Å²) in [4.78, 5) is 31.8. The highest BCUT2D eigenvalue weighted by molar-refractivity contribution is 7.10. The smallest absolute Gasteiger partial charge is 0.338 e. The number of fused-ring (bicyclic) bond motifs is 1. The number of carbonyl (C=O) groups is 1. The van der Waals surface area contributed by atoms with Crippen LogP contribution in [0.15, 0.2) is 62.8 Å². The van der Waals surface area contributed by atoms with Gasteiger partial charge in [0.15, 0.2) is 4.80 Å². The summed E-state index contributed by atoms with van der Waals surface area (Å²) in [5, 5.41) is 1.90. The zero-order valence-corrected chi connectivity index (χ0v) is 17.3. The van der Waals surface area contributed by atoms with E-state index in [1.54, 1.807) is 36.6 Å². The zero-order chi connectivity index (χ0) is 20.5. The van der Waals surface area contributed by atoms with Gasteiger partial charge in [-0.05, 0) is 49.1 Å². The summed E-state index contributed by atoms with van der Waals surface area (Å²) in [5.74, 6) is -0.809. The van der Waals surface area contributed by atoms with Crippen LogP contribution in [0.1, 0.15) is 30.3 Å². The minimum absolute atomic E-state index is 0.238. The fourth-order valence-electron chi connectivity index (χ4n) is 3.22. The number of benzene rings is 1. The SMILES string of the molecule is CCOC(=O)C1=C(C)N=c2s/c(=C\c3ccc(F)cc3)c(=O)n2C1c1cccs1. The Kier molecular flexibility index (Phi) is 5.29. The predicted molar refractivity (Wildman–Crippen MR) is 111 cm³/mol. The molecule has 4 rings (SSSR count). The van der Waals surface area contributed by atoms with Crippen molar-refractivity contribution in [2.75, 3.05) is 6.61 Å². The zero-order valence-electron chi connectivity index (χ0n) is 15.7. The molecule has 0 aliphatic carbocycles. The average Bonchev–Trinajstić information content (AvgIpc) is 3.32.